The molecule has 0 aliphatic carbocycles. The third kappa shape index (κ3) is 4.06. The Morgan fingerprint density at radius 2 is 2.00 bits per heavy atom. The second-order valence-electron chi connectivity index (χ2n) is 4.58. The summed E-state index contributed by atoms with van der Waals surface area (Å²) in [6.07, 6.45) is 0. The first-order valence-electron chi connectivity index (χ1n) is 6.52. The maximum atomic E-state index is 11.7. The lowest BCUT2D eigenvalue weighted by Crippen LogP contribution is -2.33. The highest BCUT2D eigenvalue weighted by Crippen LogP contribution is 2.23. The number of hydrogen-bond donors (Lipinski definition) is 2. The molecule has 0 saturated carbocycles. The van der Waals surface area contributed by atoms with Gasteiger partial charge in [0.05, 0.1) is 7.11 Å². The number of nitrogens with one attached hydrogen (secondary N) is 1. The van der Waals surface area contributed by atoms with Crippen LogP contribution in [0.5, 0.6) is 5.75 Å². The molecule has 0 heterocycles. The molecule has 2 rings (SSSR count). The van der Waals surface area contributed by atoms with E-state index in [1.165, 1.54) is 0 Å². The van der Waals surface area contributed by atoms with Crippen molar-refractivity contribution in [2.45, 2.75) is 12.6 Å². The van der Waals surface area contributed by atoms with E-state index in [1.807, 2.05) is 48.5 Å². The van der Waals surface area contributed by atoms with Gasteiger partial charge in [-0.3, -0.25) is 10.1 Å². The molecule has 0 aromatic heterocycles. The zero-order chi connectivity index (χ0) is 15.2. The Hall–Kier alpha value is -1.85. The predicted molar refractivity (Wildman–Crippen MR) is 85.9 cm³/mol. The van der Waals surface area contributed by atoms with Crippen LogP contribution in [-0.2, 0) is 11.3 Å². The van der Waals surface area contributed by atoms with Crippen molar-refractivity contribution in [3.63, 3.8) is 0 Å². The van der Waals surface area contributed by atoms with Crippen LogP contribution in [-0.4, -0.2) is 13.0 Å². The number of halogens is 1. The normalized spacial score (nSPS) is 11.9. The Morgan fingerprint density at radius 3 is 2.62 bits per heavy atom. The van der Waals surface area contributed by atoms with Crippen molar-refractivity contribution in [1.29, 1.82) is 0 Å². The van der Waals surface area contributed by atoms with Gasteiger partial charge in [0, 0.05) is 11.0 Å². The number of nitrogens with two attached hydrogens (primary N) is 1. The standard InChI is InChI=1S/C16H17BrN2O2/c1-21-13-7-8-14(17)12(9-13)10-19-15(16(18)20)11-5-3-2-4-6-11/h2-9,15,19H,10H2,1H3,(H2,18,20)/t15-/m0/s1. The lowest BCUT2D eigenvalue weighted by Gasteiger charge is -2.17. The lowest BCUT2D eigenvalue weighted by atomic mass is 10.1. The van der Waals surface area contributed by atoms with Gasteiger partial charge in [0.25, 0.3) is 0 Å². The van der Waals surface area contributed by atoms with Crippen LogP contribution in [0.15, 0.2) is 53.0 Å². The molecule has 0 aliphatic heterocycles. The van der Waals surface area contributed by atoms with Crippen molar-refractivity contribution in [2.24, 2.45) is 5.73 Å². The molecule has 2 aromatic rings. The summed E-state index contributed by atoms with van der Waals surface area (Å²) in [7, 11) is 1.62. The van der Waals surface area contributed by atoms with E-state index in [4.69, 9.17) is 10.5 Å². The van der Waals surface area contributed by atoms with Gasteiger partial charge in [-0.2, -0.15) is 0 Å². The molecule has 21 heavy (non-hydrogen) atoms. The topological polar surface area (TPSA) is 64.3 Å². The van der Waals surface area contributed by atoms with E-state index >= 15 is 0 Å². The van der Waals surface area contributed by atoms with Crippen molar-refractivity contribution in [3.05, 3.63) is 64.1 Å². The van der Waals surface area contributed by atoms with Crippen molar-refractivity contribution in [2.75, 3.05) is 7.11 Å². The fraction of sp³-hybridized carbons (Fsp3) is 0.188. The Bertz CT molecular complexity index is 617. The minimum Gasteiger partial charge on any atom is -0.497 e. The minimum atomic E-state index is -0.524. The number of hydrogen-bond acceptors (Lipinski definition) is 3. The second-order valence-corrected chi connectivity index (χ2v) is 5.44. The van der Waals surface area contributed by atoms with E-state index in [-0.39, 0.29) is 0 Å². The van der Waals surface area contributed by atoms with Gasteiger partial charge >= 0.3 is 0 Å². The largest absolute Gasteiger partial charge is 0.497 e. The maximum Gasteiger partial charge on any atom is 0.239 e. The molecule has 4 nitrogen and oxygen atoms in total. The van der Waals surface area contributed by atoms with Crippen molar-refractivity contribution < 1.29 is 9.53 Å². The SMILES string of the molecule is COc1ccc(Br)c(CN[C@H](C(N)=O)c2ccccc2)c1. The summed E-state index contributed by atoms with van der Waals surface area (Å²) in [5, 5.41) is 3.18. The molecular formula is C16H17BrN2O2. The summed E-state index contributed by atoms with van der Waals surface area (Å²) < 4.78 is 6.16. The molecular weight excluding hydrogens is 332 g/mol. The van der Waals surface area contributed by atoms with Crippen LogP contribution in [0.2, 0.25) is 0 Å². The van der Waals surface area contributed by atoms with E-state index in [0.717, 1.165) is 21.3 Å². The molecule has 0 aliphatic rings. The summed E-state index contributed by atoms with van der Waals surface area (Å²) in [5.41, 5.74) is 7.34. The van der Waals surface area contributed by atoms with Crippen molar-refractivity contribution in [3.8, 4) is 5.75 Å². The average Bonchev–Trinajstić information content (AvgIpc) is 2.50. The number of carbonyl (C=O) groups is 1. The molecule has 0 fully saturated rings. The number of methoxy groups -OCH3 is 1. The van der Waals surface area contributed by atoms with Crippen LogP contribution >= 0.6 is 15.9 Å². The smallest absolute Gasteiger partial charge is 0.239 e. The van der Waals surface area contributed by atoms with E-state index in [0.29, 0.717) is 6.54 Å². The summed E-state index contributed by atoms with van der Waals surface area (Å²) in [5.74, 6) is 0.366. The highest BCUT2D eigenvalue weighted by molar-refractivity contribution is 9.10. The summed E-state index contributed by atoms with van der Waals surface area (Å²) in [6, 6.07) is 14.6. The molecule has 1 atom stereocenters. The zero-order valence-corrected chi connectivity index (χ0v) is 13.3. The highest BCUT2D eigenvalue weighted by atomic mass is 79.9. The molecule has 2 aromatic carbocycles. The molecule has 1 amide bonds. The van der Waals surface area contributed by atoms with Crippen LogP contribution in [0, 0.1) is 0 Å². The number of benzene rings is 2. The summed E-state index contributed by atoms with van der Waals surface area (Å²) >= 11 is 3.49. The van der Waals surface area contributed by atoms with Gasteiger partial charge in [-0.1, -0.05) is 46.3 Å². The van der Waals surface area contributed by atoms with E-state index < -0.39 is 11.9 Å². The van der Waals surface area contributed by atoms with Gasteiger partial charge < -0.3 is 10.5 Å². The van der Waals surface area contributed by atoms with Gasteiger partial charge in [0.15, 0.2) is 0 Å². The van der Waals surface area contributed by atoms with Crippen LogP contribution < -0.4 is 15.8 Å². The number of amides is 1. The van der Waals surface area contributed by atoms with Gasteiger partial charge in [-0.25, -0.2) is 0 Å². The third-order valence-electron chi connectivity index (χ3n) is 3.17. The van der Waals surface area contributed by atoms with Gasteiger partial charge in [0.1, 0.15) is 11.8 Å². The zero-order valence-electron chi connectivity index (χ0n) is 11.7. The number of rotatable bonds is 6. The van der Waals surface area contributed by atoms with Crippen LogP contribution in [0.4, 0.5) is 0 Å². The number of ether oxygens (including phenoxy) is 1. The predicted octanol–water partition coefficient (Wildman–Crippen LogP) is 2.77. The maximum absolute atomic E-state index is 11.7. The van der Waals surface area contributed by atoms with E-state index in [2.05, 4.69) is 21.2 Å². The fourth-order valence-electron chi connectivity index (χ4n) is 2.05. The molecule has 0 saturated heterocycles. The second kappa shape index (κ2) is 7.24. The lowest BCUT2D eigenvalue weighted by molar-refractivity contribution is -0.120. The van der Waals surface area contributed by atoms with E-state index in [1.54, 1.807) is 7.11 Å². The van der Waals surface area contributed by atoms with Gasteiger partial charge in [-0.05, 0) is 29.3 Å². The van der Waals surface area contributed by atoms with Crippen LogP contribution in [0.25, 0.3) is 0 Å². The molecule has 0 unspecified atom stereocenters. The van der Waals surface area contributed by atoms with Gasteiger partial charge in [0.2, 0.25) is 5.91 Å². The summed E-state index contributed by atoms with van der Waals surface area (Å²) in [6.45, 7) is 0.500. The first kappa shape index (κ1) is 15.5. The first-order chi connectivity index (χ1) is 10.1. The van der Waals surface area contributed by atoms with E-state index in [9.17, 15) is 4.79 Å². The fourth-order valence-corrected chi connectivity index (χ4v) is 2.44. The Balaban J connectivity index is 2.14. The monoisotopic (exact) mass is 348 g/mol. The quantitative estimate of drug-likeness (QED) is 0.843. The number of carbonyl (C=O) groups excluding carboxylic acids is 1. The Kier molecular flexibility index (Phi) is 5.36. The molecule has 110 valence electrons. The first-order valence-corrected chi connectivity index (χ1v) is 7.31. The molecule has 0 radical (unpaired) electrons. The Labute approximate surface area is 132 Å². The molecule has 5 heteroatoms. The highest BCUT2D eigenvalue weighted by Gasteiger charge is 2.17. The van der Waals surface area contributed by atoms with Crippen LogP contribution in [0.3, 0.4) is 0 Å². The third-order valence-corrected chi connectivity index (χ3v) is 3.94. The average molecular weight is 349 g/mol. The molecule has 0 spiro atoms. The minimum absolute atomic E-state index is 0.403. The molecule has 0 bridgehead atoms. The number of primary amides is 1. The Morgan fingerprint density at radius 1 is 1.29 bits per heavy atom. The van der Waals surface area contributed by atoms with Crippen molar-refractivity contribution in [1.82, 2.24) is 5.32 Å². The van der Waals surface area contributed by atoms with Gasteiger partial charge in [-0.15, -0.1) is 0 Å². The summed E-state index contributed by atoms with van der Waals surface area (Å²) in [4.78, 5) is 11.7. The molecule has 3 N–H and O–H groups in total. The van der Waals surface area contributed by atoms with Crippen molar-refractivity contribution >= 4 is 21.8 Å². The van der Waals surface area contributed by atoms with Crippen LogP contribution in [0.1, 0.15) is 17.2 Å².